The number of hydrogen-bond acceptors (Lipinski definition) is 2. The Morgan fingerprint density at radius 2 is 2.27 bits per heavy atom. The lowest BCUT2D eigenvalue weighted by Crippen LogP contribution is -1.93. The predicted molar refractivity (Wildman–Crippen MR) is 46.2 cm³/mol. The topological polar surface area (TPSA) is 38.9 Å². The Kier molecular flexibility index (Phi) is 2.35. The summed E-state index contributed by atoms with van der Waals surface area (Å²) in [4.78, 5) is 3.83. The van der Waals surface area contributed by atoms with Crippen LogP contribution < -0.4 is 5.73 Å². The van der Waals surface area contributed by atoms with E-state index in [0.29, 0.717) is 11.0 Å². The van der Waals surface area contributed by atoms with E-state index >= 15 is 0 Å². The van der Waals surface area contributed by atoms with Gasteiger partial charge in [-0.3, -0.25) is 0 Å². The van der Waals surface area contributed by atoms with Crippen LogP contribution in [0.5, 0.6) is 0 Å². The van der Waals surface area contributed by atoms with Gasteiger partial charge in [-0.25, -0.2) is 4.98 Å². The fourth-order valence-corrected chi connectivity index (χ4v) is 0.844. The summed E-state index contributed by atoms with van der Waals surface area (Å²) in [6, 6.07) is 3.42. The molecule has 0 radical (unpaired) electrons. The van der Waals surface area contributed by atoms with Gasteiger partial charge >= 0.3 is 0 Å². The Hall–Kier alpha value is -1.20. The quantitative estimate of drug-likeness (QED) is 0.471. The van der Waals surface area contributed by atoms with Gasteiger partial charge in [0.2, 0.25) is 0 Å². The third kappa shape index (κ3) is 1.86. The first kappa shape index (κ1) is 7.90. The summed E-state index contributed by atoms with van der Waals surface area (Å²) in [6.45, 7) is 1.74. The first-order valence-corrected chi connectivity index (χ1v) is 3.46. The molecule has 0 saturated carbocycles. The molecule has 0 saturated heterocycles. The molecule has 0 unspecified atom stereocenters. The second-order valence-corrected chi connectivity index (χ2v) is 2.33. The SMILES string of the molecule is CC#Cc1ccc(Cl)nc1N. The molecule has 3 heteroatoms. The average molecular weight is 167 g/mol. The van der Waals surface area contributed by atoms with Crippen LogP contribution in [0.25, 0.3) is 0 Å². The van der Waals surface area contributed by atoms with E-state index in [-0.39, 0.29) is 0 Å². The van der Waals surface area contributed by atoms with Crippen LogP contribution in [0.15, 0.2) is 12.1 Å². The molecule has 1 aromatic rings. The molecule has 1 aromatic heterocycles. The molecule has 0 bridgehead atoms. The van der Waals surface area contributed by atoms with Crippen molar-refractivity contribution >= 4 is 17.4 Å². The van der Waals surface area contributed by atoms with Gasteiger partial charge in [0, 0.05) is 0 Å². The van der Waals surface area contributed by atoms with Gasteiger partial charge in [0.15, 0.2) is 0 Å². The van der Waals surface area contributed by atoms with Crippen LogP contribution in [-0.2, 0) is 0 Å². The van der Waals surface area contributed by atoms with Gasteiger partial charge in [0.1, 0.15) is 11.0 Å². The molecule has 0 atom stereocenters. The fraction of sp³-hybridized carbons (Fsp3) is 0.125. The van der Waals surface area contributed by atoms with Crippen LogP contribution >= 0.6 is 11.6 Å². The van der Waals surface area contributed by atoms with Crippen LogP contribution in [-0.4, -0.2) is 4.98 Å². The Bertz CT molecular complexity index is 323. The zero-order valence-electron chi connectivity index (χ0n) is 6.06. The van der Waals surface area contributed by atoms with Gasteiger partial charge in [-0.1, -0.05) is 17.5 Å². The molecule has 0 aromatic carbocycles. The zero-order valence-corrected chi connectivity index (χ0v) is 6.81. The largest absolute Gasteiger partial charge is 0.383 e. The van der Waals surface area contributed by atoms with Crippen molar-refractivity contribution in [1.29, 1.82) is 0 Å². The van der Waals surface area contributed by atoms with Crippen molar-refractivity contribution in [2.24, 2.45) is 0 Å². The number of anilines is 1. The van der Waals surface area contributed by atoms with Gasteiger partial charge in [0.25, 0.3) is 0 Å². The highest BCUT2D eigenvalue weighted by atomic mass is 35.5. The summed E-state index contributed by atoms with van der Waals surface area (Å²) in [5, 5.41) is 0.393. The van der Waals surface area contributed by atoms with E-state index in [0.717, 1.165) is 5.56 Å². The van der Waals surface area contributed by atoms with Crippen LogP contribution in [0, 0.1) is 11.8 Å². The van der Waals surface area contributed by atoms with Gasteiger partial charge in [0.05, 0.1) is 5.56 Å². The van der Waals surface area contributed by atoms with E-state index in [4.69, 9.17) is 17.3 Å². The molecule has 56 valence electrons. The summed E-state index contributed by atoms with van der Waals surface area (Å²) in [5.74, 6) is 5.92. The molecule has 0 aliphatic carbocycles. The number of rotatable bonds is 0. The summed E-state index contributed by atoms with van der Waals surface area (Å²) < 4.78 is 0. The number of nitrogens with two attached hydrogens (primary N) is 1. The van der Waals surface area contributed by atoms with Crippen molar-refractivity contribution in [2.75, 3.05) is 5.73 Å². The Morgan fingerprint density at radius 1 is 1.55 bits per heavy atom. The van der Waals surface area contributed by atoms with Crippen molar-refractivity contribution in [2.45, 2.75) is 6.92 Å². The molecule has 1 rings (SSSR count). The maximum absolute atomic E-state index is 5.58. The molecule has 11 heavy (non-hydrogen) atoms. The van der Waals surface area contributed by atoms with E-state index in [1.165, 1.54) is 0 Å². The van der Waals surface area contributed by atoms with Crippen LogP contribution in [0.4, 0.5) is 5.82 Å². The molecule has 0 aliphatic rings. The van der Waals surface area contributed by atoms with Crippen molar-refractivity contribution in [3.05, 3.63) is 22.8 Å². The highest BCUT2D eigenvalue weighted by Gasteiger charge is 1.96. The number of halogens is 1. The predicted octanol–water partition coefficient (Wildman–Crippen LogP) is 1.69. The molecule has 2 N–H and O–H groups in total. The molecule has 0 spiro atoms. The Labute approximate surface area is 70.4 Å². The normalized spacial score (nSPS) is 8.55. The number of nitrogens with zero attached hydrogens (tertiary/aromatic N) is 1. The highest BCUT2D eigenvalue weighted by molar-refractivity contribution is 6.29. The second kappa shape index (κ2) is 3.27. The molecular formula is C8H7ClN2. The second-order valence-electron chi connectivity index (χ2n) is 1.94. The first-order chi connectivity index (χ1) is 5.24. The lowest BCUT2D eigenvalue weighted by atomic mass is 10.2. The van der Waals surface area contributed by atoms with E-state index in [1.54, 1.807) is 19.1 Å². The summed E-state index contributed by atoms with van der Waals surface area (Å²) in [5.41, 5.74) is 6.23. The molecule has 0 aliphatic heterocycles. The van der Waals surface area contributed by atoms with Gasteiger partial charge < -0.3 is 5.73 Å². The molecule has 0 fully saturated rings. The standard InChI is InChI=1S/C8H7ClN2/c1-2-3-6-4-5-7(9)11-8(6)10/h4-5H,1H3,(H2,10,11). The minimum Gasteiger partial charge on any atom is -0.383 e. The van der Waals surface area contributed by atoms with E-state index in [1.807, 2.05) is 0 Å². The third-order valence-electron chi connectivity index (χ3n) is 1.15. The van der Waals surface area contributed by atoms with E-state index in [2.05, 4.69) is 16.8 Å². The highest BCUT2D eigenvalue weighted by Crippen LogP contribution is 2.11. The van der Waals surface area contributed by atoms with Crippen molar-refractivity contribution in [1.82, 2.24) is 4.98 Å². The smallest absolute Gasteiger partial charge is 0.140 e. The Balaban J connectivity index is 3.16. The third-order valence-corrected chi connectivity index (χ3v) is 1.36. The number of hydrogen-bond donors (Lipinski definition) is 1. The van der Waals surface area contributed by atoms with Crippen molar-refractivity contribution in [3.63, 3.8) is 0 Å². The summed E-state index contributed by atoms with van der Waals surface area (Å²) in [7, 11) is 0. The average Bonchev–Trinajstić information content (AvgIpc) is 1.95. The van der Waals surface area contributed by atoms with Crippen LogP contribution in [0.1, 0.15) is 12.5 Å². The van der Waals surface area contributed by atoms with Crippen molar-refractivity contribution < 1.29 is 0 Å². The minimum atomic E-state index is 0.381. The van der Waals surface area contributed by atoms with Gasteiger partial charge in [-0.15, -0.1) is 5.92 Å². The monoisotopic (exact) mass is 166 g/mol. The van der Waals surface area contributed by atoms with Crippen LogP contribution in [0.3, 0.4) is 0 Å². The number of aromatic nitrogens is 1. The zero-order chi connectivity index (χ0) is 8.27. The first-order valence-electron chi connectivity index (χ1n) is 3.09. The van der Waals surface area contributed by atoms with E-state index in [9.17, 15) is 0 Å². The summed E-state index contributed by atoms with van der Waals surface area (Å²) in [6.07, 6.45) is 0. The van der Waals surface area contributed by atoms with E-state index < -0.39 is 0 Å². The Morgan fingerprint density at radius 3 is 2.82 bits per heavy atom. The van der Waals surface area contributed by atoms with Gasteiger partial charge in [-0.2, -0.15) is 0 Å². The molecule has 2 nitrogen and oxygen atoms in total. The number of pyridine rings is 1. The molecular weight excluding hydrogens is 160 g/mol. The van der Waals surface area contributed by atoms with Gasteiger partial charge in [-0.05, 0) is 19.1 Å². The summed E-state index contributed by atoms with van der Waals surface area (Å²) >= 11 is 5.58. The van der Waals surface area contributed by atoms with Crippen LogP contribution in [0.2, 0.25) is 5.15 Å². The molecule has 0 amide bonds. The fourth-order valence-electron chi connectivity index (χ4n) is 0.690. The maximum atomic E-state index is 5.58. The number of nitrogen functional groups attached to an aromatic ring is 1. The lowest BCUT2D eigenvalue weighted by Gasteiger charge is -1.95. The van der Waals surface area contributed by atoms with Crippen molar-refractivity contribution in [3.8, 4) is 11.8 Å². The maximum Gasteiger partial charge on any atom is 0.140 e. The minimum absolute atomic E-state index is 0.381. The lowest BCUT2D eigenvalue weighted by molar-refractivity contribution is 1.32. The molecule has 1 heterocycles.